The molecule has 1 aromatic rings. The number of halogens is 5. The molecule has 1 aliphatic carbocycles. The number of hydrogen-bond acceptors (Lipinski definition) is 3. The van der Waals surface area contributed by atoms with Gasteiger partial charge in [-0.05, 0) is 24.8 Å². The average Bonchev–Trinajstić information content (AvgIpc) is 3.15. The fraction of sp³-hybridized carbons (Fsp3) is 0.619. The van der Waals surface area contributed by atoms with Crippen LogP contribution in [0, 0.1) is 12.8 Å². The Kier molecular flexibility index (Phi) is 6.59. The van der Waals surface area contributed by atoms with E-state index in [0.717, 1.165) is 25.1 Å². The molecule has 31 heavy (non-hydrogen) atoms. The molecule has 2 aliphatic heterocycles. The number of rotatable bonds is 4. The second-order valence-electron chi connectivity index (χ2n) is 8.56. The third kappa shape index (κ3) is 5.72. The van der Waals surface area contributed by atoms with Crippen LogP contribution in [0.2, 0.25) is 0 Å². The molecule has 10 heteroatoms. The molecule has 2 saturated heterocycles. The predicted molar refractivity (Wildman–Crippen MR) is 101 cm³/mol. The van der Waals surface area contributed by atoms with Gasteiger partial charge in [-0.2, -0.15) is 13.2 Å². The molecule has 3 aliphatic rings. The lowest BCUT2D eigenvalue weighted by Gasteiger charge is -2.38. The lowest BCUT2D eigenvalue weighted by atomic mass is 9.81. The quantitative estimate of drug-likeness (QED) is 0.711. The number of nitrogens with zero attached hydrogens (tertiary/aromatic N) is 2. The van der Waals surface area contributed by atoms with Gasteiger partial charge in [0, 0.05) is 51.0 Å². The molecule has 5 nitrogen and oxygen atoms in total. The summed E-state index contributed by atoms with van der Waals surface area (Å²) in [5.74, 6) is -4.91. The Morgan fingerprint density at radius 1 is 1.16 bits per heavy atom. The maximum Gasteiger partial charge on any atom is 0.490 e. The summed E-state index contributed by atoms with van der Waals surface area (Å²) in [6.45, 7) is 4.37. The molecule has 1 amide bonds. The Morgan fingerprint density at radius 2 is 1.74 bits per heavy atom. The third-order valence-electron chi connectivity index (χ3n) is 6.11. The highest BCUT2D eigenvalue weighted by Crippen LogP contribution is 2.44. The molecule has 1 saturated carbocycles. The van der Waals surface area contributed by atoms with Crippen LogP contribution in [-0.2, 0) is 16.1 Å². The number of likely N-dealkylation sites (tertiary alicyclic amines) is 2. The summed E-state index contributed by atoms with van der Waals surface area (Å²) in [6.07, 6.45) is -3.55. The van der Waals surface area contributed by atoms with E-state index in [0.29, 0.717) is 13.0 Å². The summed E-state index contributed by atoms with van der Waals surface area (Å²) in [7, 11) is 0. The van der Waals surface area contributed by atoms with Gasteiger partial charge in [0.25, 0.3) is 0 Å². The standard InChI is InChI=1S/C19H24F2N2O.C2HF3O2/c1-13-2-4-14(5-3-13)12-23-16-6-7-22(17(16)8-18(23)24)11-15-9-19(20,21)10-15;3-2(4,5)1(6)7/h2-5,15-17H,6-12H2,1H3;(H,6,7)/t16-,17-;/m0./s1. The van der Waals surface area contributed by atoms with Gasteiger partial charge in [-0.25, -0.2) is 13.6 Å². The molecular formula is C21H25F5N2O3. The smallest absolute Gasteiger partial charge is 0.475 e. The number of aliphatic carboxylic acids is 1. The summed E-state index contributed by atoms with van der Waals surface area (Å²) in [5, 5.41) is 7.12. The van der Waals surface area contributed by atoms with E-state index in [4.69, 9.17) is 9.90 Å². The Balaban J connectivity index is 0.000000339. The maximum absolute atomic E-state index is 13.0. The van der Waals surface area contributed by atoms with Gasteiger partial charge in [-0.15, -0.1) is 0 Å². The summed E-state index contributed by atoms with van der Waals surface area (Å²) >= 11 is 0. The molecule has 1 aromatic carbocycles. The van der Waals surface area contributed by atoms with Gasteiger partial charge in [0.15, 0.2) is 0 Å². The molecule has 2 heterocycles. The van der Waals surface area contributed by atoms with E-state index >= 15 is 0 Å². The summed E-state index contributed by atoms with van der Waals surface area (Å²) < 4.78 is 57.8. The van der Waals surface area contributed by atoms with Gasteiger partial charge in [0.1, 0.15) is 0 Å². The number of alkyl halides is 5. The van der Waals surface area contributed by atoms with Crippen molar-refractivity contribution in [2.75, 3.05) is 13.1 Å². The summed E-state index contributed by atoms with van der Waals surface area (Å²) in [6, 6.07) is 8.78. The molecular weight excluding hydrogens is 423 g/mol. The van der Waals surface area contributed by atoms with Crippen molar-refractivity contribution in [3.63, 3.8) is 0 Å². The van der Waals surface area contributed by atoms with E-state index in [1.165, 1.54) is 5.56 Å². The van der Waals surface area contributed by atoms with Gasteiger partial charge in [0.05, 0.1) is 0 Å². The van der Waals surface area contributed by atoms with Gasteiger partial charge < -0.3 is 10.0 Å². The van der Waals surface area contributed by atoms with Crippen molar-refractivity contribution in [1.29, 1.82) is 0 Å². The van der Waals surface area contributed by atoms with Crippen LogP contribution >= 0.6 is 0 Å². The fourth-order valence-electron chi connectivity index (χ4n) is 4.58. The minimum atomic E-state index is -5.08. The Bertz CT molecular complexity index is 804. The van der Waals surface area contributed by atoms with E-state index in [9.17, 15) is 26.7 Å². The first-order valence-electron chi connectivity index (χ1n) is 10.1. The van der Waals surface area contributed by atoms with E-state index in [-0.39, 0.29) is 36.8 Å². The molecule has 172 valence electrons. The first-order chi connectivity index (χ1) is 14.4. The molecule has 0 radical (unpaired) electrons. The Labute approximate surface area is 176 Å². The molecule has 0 bridgehead atoms. The number of carboxylic acids is 1. The van der Waals surface area contributed by atoms with Crippen molar-refractivity contribution < 1.29 is 36.6 Å². The van der Waals surface area contributed by atoms with Crippen LogP contribution in [-0.4, -0.2) is 64.1 Å². The lowest BCUT2D eigenvalue weighted by molar-refractivity contribution is -0.192. The van der Waals surface area contributed by atoms with Crippen LogP contribution in [0.4, 0.5) is 22.0 Å². The van der Waals surface area contributed by atoms with E-state index in [2.05, 4.69) is 36.1 Å². The SMILES string of the molecule is Cc1ccc(CN2C(=O)C[C@H]3[C@@H]2CCN3CC2CC(F)(F)C2)cc1.O=C(O)C(F)(F)F. The highest BCUT2D eigenvalue weighted by Gasteiger charge is 2.50. The summed E-state index contributed by atoms with van der Waals surface area (Å²) in [4.78, 5) is 25.6. The number of carbonyl (C=O) groups is 2. The maximum atomic E-state index is 13.0. The zero-order chi connectivity index (χ0) is 23.0. The second kappa shape index (κ2) is 8.72. The molecule has 3 fully saturated rings. The zero-order valence-corrected chi connectivity index (χ0v) is 17.0. The van der Waals surface area contributed by atoms with Crippen molar-refractivity contribution >= 4 is 11.9 Å². The van der Waals surface area contributed by atoms with Crippen molar-refractivity contribution in [2.45, 2.75) is 63.3 Å². The van der Waals surface area contributed by atoms with Crippen LogP contribution in [0.1, 0.15) is 36.8 Å². The number of fused-ring (bicyclic) bond motifs is 1. The van der Waals surface area contributed by atoms with E-state index < -0.39 is 18.1 Å². The molecule has 0 spiro atoms. The van der Waals surface area contributed by atoms with Crippen molar-refractivity contribution in [2.24, 2.45) is 5.92 Å². The minimum absolute atomic E-state index is 0.0158. The van der Waals surface area contributed by atoms with Crippen LogP contribution in [0.5, 0.6) is 0 Å². The van der Waals surface area contributed by atoms with Gasteiger partial charge in [0.2, 0.25) is 11.8 Å². The number of carbonyl (C=O) groups excluding carboxylic acids is 1. The van der Waals surface area contributed by atoms with Crippen molar-refractivity contribution in [1.82, 2.24) is 9.80 Å². The summed E-state index contributed by atoms with van der Waals surface area (Å²) in [5.41, 5.74) is 2.38. The molecule has 2 atom stereocenters. The van der Waals surface area contributed by atoms with Crippen molar-refractivity contribution in [3.8, 4) is 0 Å². The fourth-order valence-corrected chi connectivity index (χ4v) is 4.58. The van der Waals surface area contributed by atoms with Crippen LogP contribution in [0.25, 0.3) is 0 Å². The first-order valence-corrected chi connectivity index (χ1v) is 10.1. The second-order valence-corrected chi connectivity index (χ2v) is 8.56. The number of hydrogen-bond donors (Lipinski definition) is 1. The highest BCUT2D eigenvalue weighted by atomic mass is 19.4. The molecule has 0 aromatic heterocycles. The predicted octanol–water partition coefficient (Wildman–Crippen LogP) is 3.85. The van der Waals surface area contributed by atoms with Crippen LogP contribution in [0.3, 0.4) is 0 Å². The minimum Gasteiger partial charge on any atom is -0.475 e. The molecule has 4 rings (SSSR count). The Morgan fingerprint density at radius 3 is 2.26 bits per heavy atom. The van der Waals surface area contributed by atoms with Gasteiger partial charge in [-0.1, -0.05) is 29.8 Å². The normalized spacial score (nSPS) is 25.6. The van der Waals surface area contributed by atoms with E-state index in [1.807, 2.05) is 4.90 Å². The van der Waals surface area contributed by atoms with Crippen molar-refractivity contribution in [3.05, 3.63) is 35.4 Å². The first kappa shape index (κ1) is 23.4. The molecule has 0 unspecified atom stereocenters. The van der Waals surface area contributed by atoms with E-state index in [1.54, 1.807) is 0 Å². The molecule has 1 N–H and O–H groups in total. The number of benzene rings is 1. The van der Waals surface area contributed by atoms with Crippen LogP contribution in [0.15, 0.2) is 24.3 Å². The zero-order valence-electron chi connectivity index (χ0n) is 17.0. The number of aryl methyl sites for hydroxylation is 1. The third-order valence-corrected chi connectivity index (χ3v) is 6.11. The monoisotopic (exact) mass is 448 g/mol. The van der Waals surface area contributed by atoms with Gasteiger partial charge >= 0.3 is 12.1 Å². The highest BCUT2D eigenvalue weighted by molar-refractivity contribution is 5.80. The number of amides is 1. The van der Waals surface area contributed by atoms with Gasteiger partial charge in [-0.3, -0.25) is 9.69 Å². The van der Waals surface area contributed by atoms with Crippen LogP contribution < -0.4 is 0 Å². The average molecular weight is 448 g/mol. The Hall–Kier alpha value is -2.23. The lowest BCUT2D eigenvalue weighted by Crippen LogP contribution is -2.45. The number of carboxylic acid groups (broad SMARTS) is 1. The largest absolute Gasteiger partial charge is 0.490 e. The topological polar surface area (TPSA) is 60.9 Å².